The fourth-order valence-corrected chi connectivity index (χ4v) is 5.23. The molecule has 0 bridgehead atoms. The Bertz CT molecular complexity index is 1330. The van der Waals surface area contributed by atoms with Gasteiger partial charge in [-0.25, -0.2) is 0 Å². The zero-order chi connectivity index (χ0) is 24.5. The summed E-state index contributed by atoms with van der Waals surface area (Å²) >= 11 is 5.86. The molecule has 0 amide bonds. The van der Waals surface area contributed by atoms with Gasteiger partial charge in [0.15, 0.2) is 5.11 Å². The number of phenols is 1. The molecule has 2 aromatic heterocycles. The molecule has 1 aliphatic heterocycles. The number of aromatic hydroxyl groups is 1. The van der Waals surface area contributed by atoms with Gasteiger partial charge in [0, 0.05) is 29.8 Å². The molecule has 6 nitrogen and oxygen atoms in total. The van der Waals surface area contributed by atoms with Crippen molar-refractivity contribution in [2.24, 2.45) is 0 Å². The Kier molecular flexibility index (Phi) is 6.17. The van der Waals surface area contributed by atoms with Crippen LogP contribution in [-0.4, -0.2) is 31.8 Å². The van der Waals surface area contributed by atoms with E-state index in [1.165, 1.54) is 5.56 Å². The number of phenolic OH excluding ortho intramolecular Hbond substituents is 1. The summed E-state index contributed by atoms with van der Waals surface area (Å²) < 4.78 is 7.55. The molecular formula is C28H28N4O2S. The number of nitrogens with zero attached hydrogens (tertiary/aromatic N) is 3. The van der Waals surface area contributed by atoms with E-state index < -0.39 is 0 Å². The lowest BCUT2D eigenvalue weighted by molar-refractivity contribution is 0.310. The topological polar surface area (TPSA) is 62.5 Å². The highest BCUT2D eigenvalue weighted by Gasteiger charge is 2.41. The maximum absolute atomic E-state index is 9.76. The van der Waals surface area contributed by atoms with Crippen molar-refractivity contribution >= 4 is 17.3 Å². The Hall–Kier alpha value is -3.84. The first-order valence-corrected chi connectivity index (χ1v) is 12.0. The second kappa shape index (κ2) is 9.43. The molecule has 2 aromatic carbocycles. The van der Waals surface area contributed by atoms with Gasteiger partial charge in [-0.15, -0.1) is 0 Å². The van der Waals surface area contributed by atoms with Crippen molar-refractivity contribution in [1.82, 2.24) is 19.8 Å². The molecule has 0 aliphatic carbocycles. The molecular weight excluding hydrogens is 456 g/mol. The largest absolute Gasteiger partial charge is 0.508 e. The van der Waals surface area contributed by atoms with E-state index in [0.29, 0.717) is 11.7 Å². The minimum absolute atomic E-state index is 0.0448. The van der Waals surface area contributed by atoms with Crippen molar-refractivity contribution in [2.45, 2.75) is 32.5 Å². The fraction of sp³-hybridized carbons (Fsp3) is 0.214. The fourth-order valence-electron chi connectivity index (χ4n) is 4.93. The van der Waals surface area contributed by atoms with E-state index in [4.69, 9.17) is 17.0 Å². The van der Waals surface area contributed by atoms with E-state index >= 15 is 0 Å². The van der Waals surface area contributed by atoms with E-state index in [0.717, 1.165) is 34.1 Å². The van der Waals surface area contributed by atoms with Crippen LogP contribution in [0, 0.1) is 13.8 Å². The van der Waals surface area contributed by atoms with Crippen molar-refractivity contribution in [1.29, 1.82) is 0 Å². The monoisotopic (exact) mass is 484 g/mol. The maximum atomic E-state index is 9.76. The number of rotatable bonds is 6. The van der Waals surface area contributed by atoms with Crippen LogP contribution >= 0.6 is 12.2 Å². The van der Waals surface area contributed by atoms with Gasteiger partial charge in [-0.05, 0) is 91.8 Å². The lowest BCUT2D eigenvalue weighted by Gasteiger charge is -2.28. The molecule has 0 radical (unpaired) electrons. The predicted octanol–water partition coefficient (Wildman–Crippen LogP) is 5.38. The Balaban J connectivity index is 1.59. The summed E-state index contributed by atoms with van der Waals surface area (Å²) in [6.45, 7) is 4.90. The summed E-state index contributed by atoms with van der Waals surface area (Å²) in [4.78, 5) is 6.91. The summed E-state index contributed by atoms with van der Waals surface area (Å²) in [5.74, 6) is 1.08. The van der Waals surface area contributed by atoms with Crippen LogP contribution in [0.3, 0.4) is 0 Å². The Morgan fingerprint density at radius 1 is 1.03 bits per heavy atom. The third-order valence-electron chi connectivity index (χ3n) is 6.61. The lowest BCUT2D eigenvalue weighted by atomic mass is 9.96. The second-order valence-corrected chi connectivity index (χ2v) is 9.17. The highest BCUT2D eigenvalue weighted by Crippen LogP contribution is 2.42. The van der Waals surface area contributed by atoms with Gasteiger partial charge < -0.3 is 24.6 Å². The van der Waals surface area contributed by atoms with E-state index in [9.17, 15) is 5.11 Å². The van der Waals surface area contributed by atoms with Crippen molar-refractivity contribution in [3.63, 3.8) is 0 Å². The maximum Gasteiger partial charge on any atom is 0.170 e. The smallest absolute Gasteiger partial charge is 0.170 e. The first-order valence-electron chi connectivity index (χ1n) is 11.6. The van der Waals surface area contributed by atoms with E-state index in [-0.39, 0.29) is 17.8 Å². The Morgan fingerprint density at radius 3 is 2.43 bits per heavy atom. The van der Waals surface area contributed by atoms with Gasteiger partial charge >= 0.3 is 0 Å². The molecule has 35 heavy (non-hydrogen) atoms. The van der Waals surface area contributed by atoms with Gasteiger partial charge in [0.2, 0.25) is 0 Å². The molecule has 1 fully saturated rings. The number of ether oxygens (including phenoxy) is 1. The number of pyridine rings is 1. The second-order valence-electron chi connectivity index (χ2n) is 8.78. The molecule has 1 saturated heterocycles. The third-order valence-corrected chi connectivity index (χ3v) is 6.96. The van der Waals surface area contributed by atoms with Gasteiger partial charge in [0.25, 0.3) is 0 Å². The van der Waals surface area contributed by atoms with Crippen molar-refractivity contribution in [3.8, 4) is 17.2 Å². The van der Waals surface area contributed by atoms with Crippen LogP contribution in [0.25, 0.3) is 5.69 Å². The molecule has 0 saturated carbocycles. The predicted molar refractivity (Wildman–Crippen MR) is 141 cm³/mol. The molecule has 0 unspecified atom stereocenters. The van der Waals surface area contributed by atoms with Crippen LogP contribution in [-0.2, 0) is 6.54 Å². The van der Waals surface area contributed by atoms with E-state index in [1.54, 1.807) is 19.2 Å². The number of benzene rings is 2. The summed E-state index contributed by atoms with van der Waals surface area (Å²) in [7, 11) is 1.67. The number of hydrogen-bond donors (Lipinski definition) is 2. The Morgan fingerprint density at radius 2 is 1.77 bits per heavy atom. The van der Waals surface area contributed by atoms with Gasteiger partial charge in [0.1, 0.15) is 11.5 Å². The highest BCUT2D eigenvalue weighted by molar-refractivity contribution is 7.80. The van der Waals surface area contributed by atoms with Crippen LogP contribution < -0.4 is 10.1 Å². The van der Waals surface area contributed by atoms with E-state index in [1.807, 2.05) is 48.7 Å². The van der Waals surface area contributed by atoms with Crippen molar-refractivity contribution in [2.75, 3.05) is 7.11 Å². The van der Waals surface area contributed by atoms with Crippen LogP contribution in [0.5, 0.6) is 11.5 Å². The van der Waals surface area contributed by atoms with Crippen LogP contribution in [0.4, 0.5) is 0 Å². The first kappa shape index (κ1) is 22.9. The number of nitrogens with one attached hydrogen (secondary N) is 1. The summed E-state index contributed by atoms with van der Waals surface area (Å²) in [5, 5.41) is 14.0. The molecule has 7 heteroatoms. The van der Waals surface area contributed by atoms with Crippen LogP contribution in [0.1, 0.15) is 40.3 Å². The summed E-state index contributed by atoms with van der Waals surface area (Å²) in [5.41, 5.74) is 6.54. The SMILES string of the molecule is COc1ccc(CN2C(=S)N[C@H](c3ccccn3)[C@H]2c2cc(C)n(-c3ccc(O)cc3)c2C)cc1. The summed E-state index contributed by atoms with van der Waals surface area (Å²) in [6.07, 6.45) is 1.82. The van der Waals surface area contributed by atoms with Crippen molar-refractivity contribution in [3.05, 3.63) is 107 Å². The number of methoxy groups -OCH3 is 1. The van der Waals surface area contributed by atoms with Gasteiger partial charge in [-0.2, -0.15) is 0 Å². The molecule has 1 aliphatic rings. The zero-order valence-electron chi connectivity index (χ0n) is 20.0. The highest BCUT2D eigenvalue weighted by atomic mass is 32.1. The van der Waals surface area contributed by atoms with Gasteiger partial charge in [-0.3, -0.25) is 4.98 Å². The normalized spacial score (nSPS) is 17.5. The van der Waals surface area contributed by atoms with Crippen LogP contribution in [0.2, 0.25) is 0 Å². The van der Waals surface area contributed by atoms with Crippen molar-refractivity contribution < 1.29 is 9.84 Å². The van der Waals surface area contributed by atoms with Gasteiger partial charge in [-0.1, -0.05) is 18.2 Å². The quantitative estimate of drug-likeness (QED) is 0.359. The summed E-state index contributed by atoms with van der Waals surface area (Å²) in [6, 6.07) is 23.5. The minimum Gasteiger partial charge on any atom is -0.508 e. The molecule has 5 rings (SSSR count). The average molecular weight is 485 g/mol. The van der Waals surface area contributed by atoms with Gasteiger partial charge in [0.05, 0.1) is 24.9 Å². The minimum atomic E-state index is -0.0873. The number of hydrogen-bond acceptors (Lipinski definition) is 4. The molecule has 178 valence electrons. The molecule has 2 N–H and O–H groups in total. The number of aromatic nitrogens is 2. The lowest BCUT2D eigenvalue weighted by Crippen LogP contribution is -2.29. The first-order chi connectivity index (χ1) is 17.0. The standard InChI is InChI=1S/C28H28N4O2S/c1-18-16-24(19(2)32(18)21-9-11-22(33)12-10-21)27-26(25-6-4-5-15-29-25)30-28(35)31(27)17-20-7-13-23(34-3)14-8-20/h4-16,26-27,33H,17H2,1-3H3,(H,30,35)/t26-,27-/m1/s1. The Labute approximate surface area is 210 Å². The molecule has 3 heterocycles. The molecule has 4 aromatic rings. The zero-order valence-corrected chi connectivity index (χ0v) is 20.8. The molecule has 2 atom stereocenters. The average Bonchev–Trinajstić information content (AvgIpc) is 3.35. The van der Waals surface area contributed by atoms with Crippen LogP contribution in [0.15, 0.2) is 79.0 Å². The number of aryl methyl sites for hydroxylation is 1. The number of thiocarbonyl (C=S) groups is 1. The molecule has 0 spiro atoms. The van der Waals surface area contributed by atoms with E-state index in [2.05, 4.69) is 51.8 Å². The third kappa shape index (κ3) is 4.35.